The van der Waals surface area contributed by atoms with E-state index in [0.717, 1.165) is 12.8 Å². The van der Waals surface area contributed by atoms with Crippen molar-refractivity contribution in [3.05, 3.63) is 55.6 Å². The second kappa shape index (κ2) is 13.2. The summed E-state index contributed by atoms with van der Waals surface area (Å²) in [6.07, 6.45) is 5.47. The molecule has 9 heteroatoms. The second-order valence-electron chi connectivity index (χ2n) is 11.9. The van der Waals surface area contributed by atoms with Gasteiger partial charge in [-0.15, -0.1) is 13.2 Å². The molecule has 224 valence electrons. The molecule has 3 amide bonds. The Labute approximate surface area is 252 Å². The number of amides is 3. The van der Waals surface area contributed by atoms with Gasteiger partial charge >= 0.3 is 0 Å². The van der Waals surface area contributed by atoms with Crippen LogP contribution in [0.3, 0.4) is 0 Å². The quantitative estimate of drug-likeness (QED) is 0.246. The lowest BCUT2D eigenvalue weighted by Crippen LogP contribution is -2.59. The number of nitrogens with zero attached hydrogens (tertiary/aromatic N) is 3. The average Bonchev–Trinajstić information content (AvgIpc) is 3.55. The number of halogens is 1. The van der Waals surface area contributed by atoms with Crippen molar-refractivity contribution in [1.82, 2.24) is 9.80 Å². The summed E-state index contributed by atoms with van der Waals surface area (Å²) in [6.45, 7) is 14.7. The summed E-state index contributed by atoms with van der Waals surface area (Å²) in [5, 5.41) is 10.5. The molecule has 3 saturated heterocycles. The molecular weight excluding hydrogens is 586 g/mol. The lowest BCUT2D eigenvalue weighted by atomic mass is 9.70. The van der Waals surface area contributed by atoms with Crippen LogP contribution < -0.4 is 4.90 Å². The number of fused-ring (bicyclic) bond motifs is 1. The Kier molecular flexibility index (Phi) is 10.1. The first-order chi connectivity index (χ1) is 19.7. The number of alkyl halides is 1. The van der Waals surface area contributed by atoms with Crippen LogP contribution in [0.15, 0.2) is 55.6 Å². The standard InChI is InChI=1S/C32H44BrN3O5/c1-6-9-17-34(15-7-2)31(40)28-32-19-24(33)27(41-32)25(26(32)30(39)36(28)23(20-37)18-21(4)5)29(38)35(16-8-3)22-13-11-10-12-14-22/h7-8,10-14,21,23-28,37H,2-3,6,9,15-20H2,1,4-5H3/t23-,24?,25+,26+,27+,28?,32?/m1/s1. The number of hydrogen-bond donors (Lipinski definition) is 1. The summed E-state index contributed by atoms with van der Waals surface area (Å²) in [5.74, 6) is -2.17. The molecule has 1 aromatic rings. The Morgan fingerprint density at radius 1 is 1.20 bits per heavy atom. The lowest BCUT2D eigenvalue weighted by Gasteiger charge is -2.40. The number of carbonyl (C=O) groups excluding carboxylic acids is 3. The molecule has 3 unspecified atom stereocenters. The summed E-state index contributed by atoms with van der Waals surface area (Å²) in [7, 11) is 0. The second-order valence-corrected chi connectivity index (χ2v) is 13.1. The van der Waals surface area contributed by atoms with Crippen LogP contribution in [-0.4, -0.2) is 87.5 Å². The molecule has 1 spiro atoms. The largest absolute Gasteiger partial charge is 0.394 e. The molecule has 4 rings (SSSR count). The number of hydrogen-bond acceptors (Lipinski definition) is 5. The molecule has 0 aromatic heterocycles. The first kappa shape index (κ1) is 31.4. The molecular formula is C32H44BrN3O5. The zero-order valence-electron chi connectivity index (χ0n) is 24.5. The van der Waals surface area contributed by atoms with E-state index in [1.54, 1.807) is 26.9 Å². The molecule has 3 aliphatic rings. The number of carbonyl (C=O) groups is 3. The Morgan fingerprint density at radius 3 is 2.46 bits per heavy atom. The van der Waals surface area contributed by atoms with Crippen LogP contribution in [0.5, 0.6) is 0 Å². The van der Waals surface area contributed by atoms with Gasteiger partial charge in [0.25, 0.3) is 0 Å². The zero-order chi connectivity index (χ0) is 29.9. The van der Waals surface area contributed by atoms with E-state index in [-0.39, 0.29) is 41.6 Å². The third-order valence-corrected chi connectivity index (χ3v) is 9.53. The predicted molar refractivity (Wildman–Crippen MR) is 164 cm³/mol. The van der Waals surface area contributed by atoms with Crippen molar-refractivity contribution >= 4 is 39.3 Å². The van der Waals surface area contributed by atoms with Crippen molar-refractivity contribution in [3.63, 3.8) is 0 Å². The maximum Gasteiger partial charge on any atom is 0.248 e. The molecule has 1 N–H and O–H groups in total. The molecule has 3 heterocycles. The maximum absolute atomic E-state index is 14.5. The molecule has 7 atom stereocenters. The first-order valence-corrected chi connectivity index (χ1v) is 15.7. The van der Waals surface area contributed by atoms with E-state index >= 15 is 0 Å². The van der Waals surface area contributed by atoms with E-state index in [9.17, 15) is 19.5 Å². The minimum Gasteiger partial charge on any atom is -0.394 e. The SMILES string of the molecule is C=CCN(CCCC)C(=O)C1N([C@@H](CO)CC(C)C)C(=O)[C@@H]2[C@H](C(=O)N(CC=C)c3ccccc3)[C@H]3OC12CC3Br. The minimum absolute atomic E-state index is 0.178. The van der Waals surface area contributed by atoms with E-state index in [1.807, 2.05) is 44.2 Å². The van der Waals surface area contributed by atoms with Crippen molar-refractivity contribution in [3.8, 4) is 0 Å². The smallest absolute Gasteiger partial charge is 0.248 e. The molecule has 0 aliphatic carbocycles. The number of rotatable bonds is 14. The minimum atomic E-state index is -1.18. The highest BCUT2D eigenvalue weighted by Gasteiger charge is 2.77. The molecule has 2 bridgehead atoms. The Hall–Kier alpha value is -2.49. The summed E-state index contributed by atoms with van der Waals surface area (Å²) in [6, 6.07) is 7.82. The van der Waals surface area contributed by atoms with Crippen LogP contribution in [0, 0.1) is 17.8 Å². The zero-order valence-corrected chi connectivity index (χ0v) is 26.0. The topological polar surface area (TPSA) is 90.4 Å². The van der Waals surface area contributed by atoms with Gasteiger partial charge in [-0.3, -0.25) is 14.4 Å². The van der Waals surface area contributed by atoms with Gasteiger partial charge in [0.2, 0.25) is 17.7 Å². The van der Waals surface area contributed by atoms with Gasteiger partial charge in [0, 0.05) is 30.1 Å². The highest BCUT2D eigenvalue weighted by Crippen LogP contribution is 2.61. The number of unbranched alkanes of at least 4 members (excludes halogenated alkanes) is 1. The number of aliphatic hydroxyl groups excluding tert-OH is 1. The van der Waals surface area contributed by atoms with Crippen LogP contribution in [0.4, 0.5) is 5.69 Å². The maximum atomic E-state index is 14.5. The fraction of sp³-hybridized carbons (Fsp3) is 0.594. The van der Waals surface area contributed by atoms with Crippen LogP contribution in [-0.2, 0) is 19.1 Å². The number of benzene rings is 1. The number of aliphatic hydroxyl groups is 1. The molecule has 3 fully saturated rings. The van der Waals surface area contributed by atoms with Gasteiger partial charge in [0.1, 0.15) is 11.6 Å². The monoisotopic (exact) mass is 629 g/mol. The van der Waals surface area contributed by atoms with E-state index in [4.69, 9.17) is 4.74 Å². The van der Waals surface area contributed by atoms with Crippen molar-refractivity contribution in [2.45, 2.75) is 75.1 Å². The third kappa shape index (κ3) is 5.65. The summed E-state index contributed by atoms with van der Waals surface area (Å²) in [5.41, 5.74) is -0.472. The summed E-state index contributed by atoms with van der Waals surface area (Å²) in [4.78, 5) is 48.1. The first-order valence-electron chi connectivity index (χ1n) is 14.8. The van der Waals surface area contributed by atoms with E-state index < -0.39 is 35.6 Å². The van der Waals surface area contributed by atoms with E-state index in [2.05, 4.69) is 36.0 Å². The average molecular weight is 631 g/mol. The molecule has 3 aliphatic heterocycles. The summed E-state index contributed by atoms with van der Waals surface area (Å²) < 4.78 is 6.72. The lowest BCUT2D eigenvalue weighted by molar-refractivity contribution is -0.151. The molecule has 0 radical (unpaired) electrons. The highest BCUT2D eigenvalue weighted by atomic mass is 79.9. The Balaban J connectivity index is 1.82. The Morgan fingerprint density at radius 2 is 1.88 bits per heavy atom. The van der Waals surface area contributed by atoms with Crippen LogP contribution in [0.25, 0.3) is 0 Å². The van der Waals surface area contributed by atoms with E-state index in [1.165, 1.54) is 0 Å². The fourth-order valence-electron chi connectivity index (χ4n) is 7.05. The van der Waals surface area contributed by atoms with Gasteiger partial charge < -0.3 is 24.5 Å². The highest BCUT2D eigenvalue weighted by molar-refractivity contribution is 9.09. The fourth-order valence-corrected chi connectivity index (χ4v) is 7.99. The van der Waals surface area contributed by atoms with Crippen molar-refractivity contribution < 1.29 is 24.2 Å². The normalized spacial score (nSPS) is 29.0. The van der Waals surface area contributed by atoms with Gasteiger partial charge in [0.15, 0.2) is 0 Å². The Bertz CT molecular complexity index is 1130. The molecule has 41 heavy (non-hydrogen) atoms. The van der Waals surface area contributed by atoms with Crippen molar-refractivity contribution in [1.29, 1.82) is 0 Å². The molecule has 1 aromatic carbocycles. The third-order valence-electron chi connectivity index (χ3n) is 8.68. The van der Waals surface area contributed by atoms with Gasteiger partial charge in [-0.1, -0.05) is 73.5 Å². The molecule has 0 saturated carbocycles. The summed E-state index contributed by atoms with van der Waals surface area (Å²) >= 11 is 3.76. The van der Waals surface area contributed by atoms with Crippen LogP contribution in [0.2, 0.25) is 0 Å². The van der Waals surface area contributed by atoms with Gasteiger partial charge in [-0.25, -0.2) is 0 Å². The van der Waals surface area contributed by atoms with Gasteiger partial charge in [-0.2, -0.15) is 0 Å². The predicted octanol–water partition coefficient (Wildman–Crippen LogP) is 4.18. The van der Waals surface area contributed by atoms with E-state index in [0.29, 0.717) is 31.6 Å². The number of para-hydroxylation sites is 1. The number of likely N-dealkylation sites (tertiary alicyclic amines) is 1. The van der Waals surface area contributed by atoms with Crippen LogP contribution >= 0.6 is 15.9 Å². The molecule has 8 nitrogen and oxygen atoms in total. The van der Waals surface area contributed by atoms with Gasteiger partial charge in [0.05, 0.1) is 30.6 Å². The number of anilines is 1. The van der Waals surface area contributed by atoms with Crippen molar-refractivity contribution in [2.24, 2.45) is 17.8 Å². The van der Waals surface area contributed by atoms with Crippen LogP contribution in [0.1, 0.15) is 46.5 Å². The van der Waals surface area contributed by atoms with Gasteiger partial charge in [-0.05, 0) is 37.3 Å². The number of ether oxygens (including phenoxy) is 1. The van der Waals surface area contributed by atoms with Crippen molar-refractivity contribution in [2.75, 3.05) is 31.1 Å².